The number of nitrogens with zero attached hydrogens (tertiary/aromatic N) is 3. The second kappa shape index (κ2) is 4.17. The Morgan fingerprint density at radius 1 is 1.65 bits per heavy atom. The molecule has 0 atom stereocenters. The summed E-state index contributed by atoms with van der Waals surface area (Å²) in [7, 11) is 0. The van der Waals surface area contributed by atoms with Crippen LogP contribution in [0.5, 0.6) is 5.88 Å². The molecule has 0 unspecified atom stereocenters. The van der Waals surface area contributed by atoms with Gasteiger partial charge in [0, 0.05) is 17.6 Å². The smallest absolute Gasteiger partial charge is 0.272 e. The summed E-state index contributed by atoms with van der Waals surface area (Å²) in [6.07, 6.45) is 1.71. The molecule has 17 heavy (non-hydrogen) atoms. The maximum Gasteiger partial charge on any atom is 0.272 e. The van der Waals surface area contributed by atoms with Crippen molar-refractivity contribution in [3.05, 3.63) is 28.3 Å². The lowest BCUT2D eigenvalue weighted by Gasteiger charge is -1.99. The summed E-state index contributed by atoms with van der Waals surface area (Å²) in [4.78, 5) is 15.9. The minimum absolute atomic E-state index is 0.203. The molecule has 1 amide bonds. The minimum atomic E-state index is -0.203. The number of thiazole rings is 1. The van der Waals surface area contributed by atoms with Crippen LogP contribution in [0.25, 0.3) is 0 Å². The molecule has 0 bridgehead atoms. The quantitative estimate of drug-likeness (QED) is 0.869. The van der Waals surface area contributed by atoms with E-state index in [1.165, 1.54) is 11.3 Å². The molecule has 1 N–H and O–H groups in total. The average Bonchev–Trinajstić information content (AvgIpc) is 3.01. The van der Waals surface area contributed by atoms with Gasteiger partial charge in [-0.3, -0.25) is 4.79 Å². The molecule has 0 saturated heterocycles. The Morgan fingerprint density at radius 3 is 3.35 bits per heavy atom. The number of amides is 1. The standard InChI is InChI=1S/C10H10N4O2S/c15-10(12-6-8-11-1-4-17-8)7-5-9-14(13-7)2-3-16-9/h1,4-5H,2-3,6H2,(H,12,15). The maximum absolute atomic E-state index is 11.8. The molecule has 0 radical (unpaired) electrons. The van der Waals surface area contributed by atoms with E-state index in [1.807, 2.05) is 5.38 Å². The zero-order valence-corrected chi connectivity index (χ0v) is 9.74. The molecule has 1 aliphatic heterocycles. The molecule has 2 aromatic rings. The van der Waals surface area contributed by atoms with Crippen molar-refractivity contribution in [2.45, 2.75) is 13.1 Å². The van der Waals surface area contributed by atoms with Gasteiger partial charge in [0.2, 0.25) is 5.88 Å². The van der Waals surface area contributed by atoms with Gasteiger partial charge in [-0.15, -0.1) is 11.3 Å². The van der Waals surface area contributed by atoms with Crippen LogP contribution in [0, 0.1) is 0 Å². The van der Waals surface area contributed by atoms with Crippen molar-refractivity contribution in [1.29, 1.82) is 0 Å². The third kappa shape index (κ3) is 2.01. The van der Waals surface area contributed by atoms with E-state index in [0.29, 0.717) is 31.3 Å². The minimum Gasteiger partial charge on any atom is -0.476 e. The molecule has 3 rings (SSSR count). The normalized spacial score (nSPS) is 13.2. The molecule has 3 heterocycles. The van der Waals surface area contributed by atoms with Crippen LogP contribution in [0.15, 0.2) is 17.6 Å². The van der Waals surface area contributed by atoms with Gasteiger partial charge in [0.1, 0.15) is 11.6 Å². The molecule has 7 heteroatoms. The molecule has 6 nitrogen and oxygen atoms in total. The van der Waals surface area contributed by atoms with Gasteiger partial charge in [0.25, 0.3) is 5.91 Å². The van der Waals surface area contributed by atoms with Crippen LogP contribution in [0.4, 0.5) is 0 Å². The third-order valence-electron chi connectivity index (χ3n) is 2.41. The maximum atomic E-state index is 11.8. The first-order valence-corrected chi connectivity index (χ1v) is 6.08. The summed E-state index contributed by atoms with van der Waals surface area (Å²) in [5.74, 6) is 0.454. The van der Waals surface area contributed by atoms with Crippen molar-refractivity contribution in [3.8, 4) is 5.88 Å². The van der Waals surface area contributed by atoms with Gasteiger partial charge in [-0.1, -0.05) is 0 Å². The second-order valence-electron chi connectivity index (χ2n) is 3.55. The highest BCUT2D eigenvalue weighted by molar-refractivity contribution is 7.09. The number of carbonyl (C=O) groups is 1. The van der Waals surface area contributed by atoms with E-state index in [4.69, 9.17) is 4.74 Å². The Bertz CT molecular complexity index is 513. The van der Waals surface area contributed by atoms with Crippen LogP contribution in [0.3, 0.4) is 0 Å². The number of carbonyl (C=O) groups excluding carboxylic acids is 1. The van der Waals surface area contributed by atoms with Gasteiger partial charge in [0.15, 0.2) is 5.69 Å². The summed E-state index contributed by atoms with van der Waals surface area (Å²) in [6.45, 7) is 1.76. The van der Waals surface area contributed by atoms with Crippen LogP contribution in [-0.4, -0.2) is 27.3 Å². The van der Waals surface area contributed by atoms with Crippen LogP contribution in [0.1, 0.15) is 15.5 Å². The second-order valence-corrected chi connectivity index (χ2v) is 4.53. The van der Waals surface area contributed by atoms with Gasteiger partial charge in [0.05, 0.1) is 13.1 Å². The van der Waals surface area contributed by atoms with Crippen LogP contribution >= 0.6 is 11.3 Å². The van der Waals surface area contributed by atoms with Crippen molar-refractivity contribution in [3.63, 3.8) is 0 Å². The molecule has 2 aromatic heterocycles. The predicted octanol–water partition coefficient (Wildman–Crippen LogP) is 0.662. The number of rotatable bonds is 3. The van der Waals surface area contributed by atoms with Crippen LogP contribution in [-0.2, 0) is 13.1 Å². The van der Waals surface area contributed by atoms with Crippen LogP contribution in [0.2, 0.25) is 0 Å². The van der Waals surface area contributed by atoms with Gasteiger partial charge >= 0.3 is 0 Å². The Balaban J connectivity index is 1.65. The summed E-state index contributed by atoms with van der Waals surface area (Å²) >= 11 is 1.51. The summed E-state index contributed by atoms with van der Waals surface area (Å²) < 4.78 is 6.98. The summed E-state index contributed by atoms with van der Waals surface area (Å²) in [5.41, 5.74) is 0.385. The largest absolute Gasteiger partial charge is 0.476 e. The lowest BCUT2D eigenvalue weighted by molar-refractivity contribution is 0.0944. The van der Waals surface area contributed by atoms with Crippen molar-refractivity contribution in [1.82, 2.24) is 20.1 Å². The van der Waals surface area contributed by atoms with Crippen LogP contribution < -0.4 is 10.1 Å². The number of hydrogen-bond acceptors (Lipinski definition) is 5. The summed E-state index contributed by atoms with van der Waals surface area (Å²) in [5, 5.41) is 9.67. The molecule has 1 aliphatic rings. The lowest BCUT2D eigenvalue weighted by atomic mass is 10.4. The van der Waals surface area contributed by atoms with E-state index < -0.39 is 0 Å². The van der Waals surface area contributed by atoms with E-state index >= 15 is 0 Å². The monoisotopic (exact) mass is 250 g/mol. The van der Waals surface area contributed by atoms with E-state index in [2.05, 4.69) is 15.4 Å². The zero-order chi connectivity index (χ0) is 11.7. The Morgan fingerprint density at radius 2 is 2.59 bits per heavy atom. The first-order valence-electron chi connectivity index (χ1n) is 5.20. The predicted molar refractivity (Wildman–Crippen MR) is 61.0 cm³/mol. The zero-order valence-electron chi connectivity index (χ0n) is 8.92. The van der Waals surface area contributed by atoms with E-state index in [-0.39, 0.29) is 5.91 Å². The topological polar surface area (TPSA) is 69.0 Å². The number of nitrogens with one attached hydrogen (secondary N) is 1. The molecular weight excluding hydrogens is 240 g/mol. The third-order valence-corrected chi connectivity index (χ3v) is 3.19. The molecule has 0 saturated carbocycles. The highest BCUT2D eigenvalue weighted by atomic mass is 32.1. The number of aromatic nitrogens is 3. The van der Waals surface area contributed by atoms with Crippen molar-refractivity contribution >= 4 is 17.2 Å². The first-order chi connectivity index (χ1) is 8.33. The number of hydrogen-bond donors (Lipinski definition) is 1. The van der Waals surface area contributed by atoms with Crippen molar-refractivity contribution in [2.24, 2.45) is 0 Å². The Labute approximate surface area is 101 Å². The van der Waals surface area contributed by atoms with Gasteiger partial charge in [-0.05, 0) is 0 Å². The first kappa shape index (κ1) is 10.3. The fraction of sp³-hybridized carbons (Fsp3) is 0.300. The van der Waals surface area contributed by atoms with Gasteiger partial charge in [-0.25, -0.2) is 9.67 Å². The van der Waals surface area contributed by atoms with E-state index in [0.717, 1.165) is 5.01 Å². The molecule has 0 spiro atoms. The Hall–Kier alpha value is -1.89. The van der Waals surface area contributed by atoms with Crippen molar-refractivity contribution in [2.75, 3.05) is 6.61 Å². The average molecular weight is 250 g/mol. The molecule has 88 valence electrons. The van der Waals surface area contributed by atoms with E-state index in [1.54, 1.807) is 16.9 Å². The Kier molecular flexibility index (Phi) is 2.52. The fourth-order valence-corrected chi connectivity index (χ4v) is 2.17. The molecule has 0 fully saturated rings. The fourth-order valence-electron chi connectivity index (χ4n) is 1.61. The van der Waals surface area contributed by atoms with Gasteiger partial charge in [-0.2, -0.15) is 5.10 Å². The van der Waals surface area contributed by atoms with Gasteiger partial charge < -0.3 is 10.1 Å². The summed E-state index contributed by atoms with van der Waals surface area (Å²) in [6, 6.07) is 1.66. The molecular formula is C10H10N4O2S. The highest BCUT2D eigenvalue weighted by Crippen LogP contribution is 2.18. The van der Waals surface area contributed by atoms with Crippen molar-refractivity contribution < 1.29 is 9.53 Å². The molecule has 0 aliphatic carbocycles. The number of ether oxygens (including phenoxy) is 1. The SMILES string of the molecule is O=C(NCc1nccs1)c1cc2n(n1)CCO2. The number of fused-ring (bicyclic) bond motifs is 1. The highest BCUT2D eigenvalue weighted by Gasteiger charge is 2.18. The van der Waals surface area contributed by atoms with E-state index in [9.17, 15) is 4.79 Å². The lowest BCUT2D eigenvalue weighted by Crippen LogP contribution is -2.23. The molecule has 0 aromatic carbocycles.